The van der Waals surface area contributed by atoms with Crippen LogP contribution in [0.4, 0.5) is 5.69 Å². The van der Waals surface area contributed by atoms with Crippen LogP contribution in [-0.2, 0) is 20.7 Å². The highest BCUT2D eigenvalue weighted by atomic mass is 16.6. The Balaban J connectivity index is 1.43. The monoisotopic (exact) mass is 463 g/mol. The van der Waals surface area contributed by atoms with Crippen LogP contribution in [-0.4, -0.2) is 51.5 Å². The summed E-state index contributed by atoms with van der Waals surface area (Å²) in [6.07, 6.45) is 8.22. The second-order valence-corrected chi connectivity index (χ2v) is 10.1. The molecule has 2 aromatic rings. The average Bonchev–Trinajstić information content (AvgIpc) is 3.16. The van der Waals surface area contributed by atoms with E-state index in [4.69, 9.17) is 9.47 Å². The van der Waals surface area contributed by atoms with Crippen molar-refractivity contribution in [1.29, 1.82) is 0 Å². The number of rotatable bonds is 6. The number of aromatic nitrogens is 2. The average molecular weight is 464 g/mol. The van der Waals surface area contributed by atoms with E-state index in [1.54, 1.807) is 6.33 Å². The van der Waals surface area contributed by atoms with Gasteiger partial charge in [0.05, 0.1) is 28.8 Å². The number of carboxylic acid groups (broad SMARTS) is 1. The van der Waals surface area contributed by atoms with E-state index in [-0.39, 0.29) is 17.6 Å². The maximum atomic E-state index is 11.9. The van der Waals surface area contributed by atoms with Gasteiger partial charge >= 0.3 is 5.97 Å². The highest BCUT2D eigenvalue weighted by Crippen LogP contribution is 2.41. The predicted octanol–water partition coefficient (Wildman–Crippen LogP) is 4.47. The lowest BCUT2D eigenvalue weighted by Crippen LogP contribution is -2.43. The van der Waals surface area contributed by atoms with Gasteiger partial charge in [0, 0.05) is 18.9 Å². The Morgan fingerprint density at radius 1 is 1.21 bits per heavy atom. The summed E-state index contributed by atoms with van der Waals surface area (Å²) in [5.74, 6) is -1.18. The first-order valence-corrected chi connectivity index (χ1v) is 12.3. The Hall–Kier alpha value is -2.77. The van der Waals surface area contributed by atoms with E-state index in [2.05, 4.69) is 34.3 Å². The Morgan fingerprint density at radius 3 is 2.71 bits per heavy atom. The maximum Gasteiger partial charge on any atom is 0.333 e. The summed E-state index contributed by atoms with van der Waals surface area (Å²) >= 11 is 0. The van der Waals surface area contributed by atoms with E-state index in [9.17, 15) is 9.90 Å². The number of nitrogens with zero attached hydrogens (tertiary/aromatic N) is 2. The first-order chi connectivity index (χ1) is 16.4. The van der Waals surface area contributed by atoms with Crippen molar-refractivity contribution in [3.05, 3.63) is 59.2 Å². The summed E-state index contributed by atoms with van der Waals surface area (Å²) in [5, 5.41) is 13.3. The van der Waals surface area contributed by atoms with Crippen molar-refractivity contribution in [2.45, 2.75) is 76.3 Å². The SMILES string of the molecule is CC1C(C(=O)O)OC(C2=Cc3ncnc(Cc4ccccc4)c3NC2)C1OC1(C)CCCCC1. The zero-order chi connectivity index (χ0) is 23.7. The summed E-state index contributed by atoms with van der Waals surface area (Å²) in [7, 11) is 0. The fraction of sp³-hybridized carbons (Fsp3) is 0.519. The minimum absolute atomic E-state index is 0.238. The Bertz CT molecular complexity index is 1060. The summed E-state index contributed by atoms with van der Waals surface area (Å²) in [6.45, 7) is 4.64. The number of benzene rings is 1. The van der Waals surface area contributed by atoms with Crippen molar-refractivity contribution in [3.8, 4) is 0 Å². The van der Waals surface area contributed by atoms with Gasteiger partial charge in [-0.15, -0.1) is 0 Å². The lowest BCUT2D eigenvalue weighted by molar-refractivity contribution is -0.150. The van der Waals surface area contributed by atoms with E-state index in [1.165, 1.54) is 12.0 Å². The number of hydrogen-bond donors (Lipinski definition) is 2. The van der Waals surface area contributed by atoms with Crippen molar-refractivity contribution in [2.24, 2.45) is 5.92 Å². The minimum atomic E-state index is -0.936. The molecule has 1 saturated heterocycles. The number of carboxylic acids is 1. The predicted molar refractivity (Wildman–Crippen MR) is 130 cm³/mol. The molecule has 4 unspecified atom stereocenters. The second kappa shape index (κ2) is 9.47. The largest absolute Gasteiger partial charge is 0.479 e. The Kier molecular flexibility index (Phi) is 6.40. The molecule has 2 aliphatic heterocycles. The van der Waals surface area contributed by atoms with Gasteiger partial charge in [-0.3, -0.25) is 0 Å². The number of hydrogen-bond acceptors (Lipinski definition) is 6. The molecule has 1 aromatic heterocycles. The molecule has 3 heterocycles. The molecule has 4 atom stereocenters. The normalized spacial score (nSPS) is 28.0. The van der Waals surface area contributed by atoms with Crippen LogP contribution in [0.2, 0.25) is 0 Å². The quantitative estimate of drug-likeness (QED) is 0.653. The van der Waals surface area contributed by atoms with Gasteiger partial charge in [-0.25, -0.2) is 14.8 Å². The van der Waals surface area contributed by atoms with Crippen LogP contribution in [0.25, 0.3) is 6.08 Å². The first kappa shape index (κ1) is 23.0. The molecule has 180 valence electrons. The van der Waals surface area contributed by atoms with Crippen LogP contribution >= 0.6 is 0 Å². The molecule has 7 heteroatoms. The molecule has 0 radical (unpaired) electrons. The third-order valence-electron chi connectivity index (χ3n) is 7.49. The molecule has 0 amide bonds. The van der Waals surface area contributed by atoms with Gasteiger partial charge in [-0.1, -0.05) is 56.5 Å². The van der Waals surface area contributed by atoms with Gasteiger partial charge in [-0.2, -0.15) is 0 Å². The topological polar surface area (TPSA) is 93.6 Å². The van der Waals surface area contributed by atoms with Crippen molar-refractivity contribution in [2.75, 3.05) is 11.9 Å². The molecule has 2 N–H and O–H groups in total. The molecule has 3 aliphatic rings. The third kappa shape index (κ3) is 4.59. The van der Waals surface area contributed by atoms with Crippen LogP contribution in [0, 0.1) is 5.92 Å². The van der Waals surface area contributed by atoms with E-state index < -0.39 is 18.2 Å². The highest BCUT2D eigenvalue weighted by Gasteiger charge is 2.50. The summed E-state index contributed by atoms with van der Waals surface area (Å²) in [6, 6.07) is 10.2. The zero-order valence-electron chi connectivity index (χ0n) is 19.9. The molecule has 5 rings (SSSR count). The number of anilines is 1. The lowest BCUT2D eigenvalue weighted by Gasteiger charge is -2.39. The van der Waals surface area contributed by atoms with Crippen LogP contribution in [0.3, 0.4) is 0 Å². The van der Waals surface area contributed by atoms with Crippen LogP contribution in [0.1, 0.15) is 62.9 Å². The van der Waals surface area contributed by atoms with Crippen molar-refractivity contribution < 1.29 is 19.4 Å². The van der Waals surface area contributed by atoms with Crippen LogP contribution < -0.4 is 5.32 Å². The molecule has 1 saturated carbocycles. The molecule has 0 bridgehead atoms. The van der Waals surface area contributed by atoms with Gasteiger partial charge < -0.3 is 19.9 Å². The fourth-order valence-corrected chi connectivity index (χ4v) is 5.57. The summed E-state index contributed by atoms with van der Waals surface area (Å²) in [5.41, 5.74) is 4.59. The van der Waals surface area contributed by atoms with Crippen molar-refractivity contribution in [1.82, 2.24) is 9.97 Å². The number of carbonyl (C=O) groups is 1. The standard InChI is InChI=1S/C27H33N3O4/c1-17-23(34-27(2)11-7-4-8-12-27)25(33-24(17)26(31)32)19-14-21-22(28-15-19)20(29-16-30-21)13-18-9-5-3-6-10-18/h3,5-6,9-10,14,16-17,23-25,28H,4,7-8,11-13,15H2,1-2H3,(H,31,32). The smallest absolute Gasteiger partial charge is 0.333 e. The molecule has 1 aromatic carbocycles. The molecule has 7 nitrogen and oxygen atoms in total. The second-order valence-electron chi connectivity index (χ2n) is 10.1. The van der Waals surface area contributed by atoms with E-state index >= 15 is 0 Å². The first-order valence-electron chi connectivity index (χ1n) is 12.3. The molecule has 0 spiro atoms. The number of fused-ring (bicyclic) bond motifs is 1. The Labute approximate surface area is 200 Å². The van der Waals surface area contributed by atoms with Gasteiger partial charge in [0.25, 0.3) is 0 Å². The lowest BCUT2D eigenvalue weighted by atomic mass is 9.85. The molecule has 1 aliphatic carbocycles. The Morgan fingerprint density at radius 2 is 1.97 bits per heavy atom. The zero-order valence-corrected chi connectivity index (χ0v) is 19.9. The minimum Gasteiger partial charge on any atom is -0.479 e. The van der Waals surface area contributed by atoms with Crippen LogP contribution in [0.15, 0.2) is 42.2 Å². The van der Waals surface area contributed by atoms with Gasteiger partial charge in [-0.05, 0) is 37.0 Å². The molecule has 2 fully saturated rings. The maximum absolute atomic E-state index is 11.9. The van der Waals surface area contributed by atoms with Gasteiger partial charge in [0.2, 0.25) is 0 Å². The van der Waals surface area contributed by atoms with Crippen LogP contribution in [0.5, 0.6) is 0 Å². The molecular weight excluding hydrogens is 430 g/mol. The number of nitrogens with one attached hydrogen (secondary N) is 1. The molecule has 34 heavy (non-hydrogen) atoms. The molecular formula is C27H33N3O4. The van der Waals surface area contributed by atoms with Gasteiger partial charge in [0.1, 0.15) is 12.4 Å². The fourth-order valence-electron chi connectivity index (χ4n) is 5.57. The van der Waals surface area contributed by atoms with Gasteiger partial charge in [0.15, 0.2) is 6.10 Å². The number of aliphatic carboxylic acids is 1. The third-order valence-corrected chi connectivity index (χ3v) is 7.49. The van der Waals surface area contributed by atoms with E-state index in [0.717, 1.165) is 48.3 Å². The van der Waals surface area contributed by atoms with Crippen molar-refractivity contribution in [3.63, 3.8) is 0 Å². The summed E-state index contributed by atoms with van der Waals surface area (Å²) in [4.78, 5) is 21.0. The number of ether oxygens (including phenoxy) is 2. The van der Waals surface area contributed by atoms with E-state index in [0.29, 0.717) is 13.0 Å². The van der Waals surface area contributed by atoms with E-state index in [1.807, 2.05) is 31.2 Å². The van der Waals surface area contributed by atoms with Crippen molar-refractivity contribution >= 4 is 17.7 Å². The highest BCUT2D eigenvalue weighted by molar-refractivity contribution is 5.75. The summed E-state index contributed by atoms with van der Waals surface area (Å²) < 4.78 is 12.8.